The van der Waals surface area contributed by atoms with E-state index in [2.05, 4.69) is 10.4 Å². The zero-order chi connectivity index (χ0) is 18.1. The average molecular weight is 381 g/mol. The van der Waals surface area contributed by atoms with Gasteiger partial charge < -0.3 is 5.11 Å². The number of aryl methyl sites for hydroxylation is 1. The van der Waals surface area contributed by atoms with Crippen molar-refractivity contribution in [2.24, 2.45) is 0 Å². The topological polar surface area (TPSA) is 33.1 Å². The van der Waals surface area contributed by atoms with Gasteiger partial charge in [0.2, 0.25) is 0 Å². The molecule has 1 atom stereocenters. The van der Waals surface area contributed by atoms with Crippen LogP contribution >= 0.6 is 22.7 Å². The highest BCUT2D eigenvalue weighted by Crippen LogP contribution is 2.44. The predicted molar refractivity (Wildman–Crippen MR) is 106 cm³/mol. The Morgan fingerprint density at radius 1 is 1.12 bits per heavy atom. The van der Waals surface area contributed by atoms with E-state index in [4.69, 9.17) is 0 Å². The minimum atomic E-state index is -0.830. The summed E-state index contributed by atoms with van der Waals surface area (Å²) in [6.45, 7) is 1.87. The van der Waals surface area contributed by atoms with E-state index in [1.807, 2.05) is 35.9 Å². The normalized spacial score (nSPS) is 12.3. The van der Waals surface area contributed by atoms with Crippen molar-refractivity contribution in [2.45, 2.75) is 13.0 Å². The van der Waals surface area contributed by atoms with E-state index in [0.717, 1.165) is 38.3 Å². The molecule has 0 fully saturated rings. The van der Waals surface area contributed by atoms with Gasteiger partial charge in [0.15, 0.2) is 0 Å². The number of pyridine rings is 1. The monoisotopic (exact) mass is 381 g/mol. The molecule has 0 aliphatic carbocycles. The summed E-state index contributed by atoms with van der Waals surface area (Å²) in [5.41, 5.74) is 5.19. The zero-order valence-electron chi connectivity index (χ0n) is 14.0. The lowest BCUT2D eigenvalue weighted by Crippen LogP contribution is -2.02. The molecule has 4 rings (SSSR count). The highest BCUT2D eigenvalue weighted by atomic mass is 32.1. The first kappa shape index (κ1) is 17.1. The molecule has 0 saturated carbocycles. The largest absolute Gasteiger partial charge is 0.384 e. The van der Waals surface area contributed by atoms with Crippen LogP contribution in [0.25, 0.3) is 21.6 Å². The van der Waals surface area contributed by atoms with Crippen LogP contribution in [-0.2, 0) is 0 Å². The summed E-state index contributed by atoms with van der Waals surface area (Å²) in [6.07, 6.45) is 2.52. The first-order valence-electron chi connectivity index (χ1n) is 8.13. The fourth-order valence-corrected chi connectivity index (χ4v) is 4.83. The van der Waals surface area contributed by atoms with Gasteiger partial charge in [-0.05, 0) is 69.6 Å². The highest BCUT2D eigenvalue weighted by Gasteiger charge is 2.23. The third-order valence-electron chi connectivity index (χ3n) is 4.24. The van der Waals surface area contributed by atoms with Crippen LogP contribution in [0.2, 0.25) is 0 Å². The van der Waals surface area contributed by atoms with Gasteiger partial charge in [-0.15, -0.1) is 11.3 Å². The van der Waals surface area contributed by atoms with Gasteiger partial charge in [-0.3, -0.25) is 4.98 Å². The molecule has 130 valence electrons. The van der Waals surface area contributed by atoms with Crippen LogP contribution < -0.4 is 0 Å². The van der Waals surface area contributed by atoms with Gasteiger partial charge in [0, 0.05) is 28.4 Å². The molecule has 1 N–H and O–H groups in total. The van der Waals surface area contributed by atoms with E-state index in [0.29, 0.717) is 0 Å². The van der Waals surface area contributed by atoms with Crippen LogP contribution in [0.4, 0.5) is 4.39 Å². The van der Waals surface area contributed by atoms with Gasteiger partial charge in [0.25, 0.3) is 0 Å². The van der Waals surface area contributed by atoms with Gasteiger partial charge in [-0.25, -0.2) is 4.39 Å². The summed E-state index contributed by atoms with van der Waals surface area (Å²) in [7, 11) is 0. The molecule has 2 nitrogen and oxygen atoms in total. The lowest BCUT2D eigenvalue weighted by atomic mass is 9.94. The van der Waals surface area contributed by atoms with Crippen molar-refractivity contribution < 1.29 is 9.50 Å². The minimum absolute atomic E-state index is 0.271. The van der Waals surface area contributed by atoms with E-state index >= 15 is 0 Å². The first-order valence-corrected chi connectivity index (χ1v) is 9.95. The number of aliphatic hydroxyl groups is 1. The molecular weight excluding hydrogens is 365 g/mol. The van der Waals surface area contributed by atoms with Crippen molar-refractivity contribution in [1.82, 2.24) is 4.98 Å². The molecule has 1 unspecified atom stereocenters. The molecule has 0 amide bonds. The lowest BCUT2D eigenvalue weighted by Gasteiger charge is -2.15. The molecule has 5 heteroatoms. The highest BCUT2D eigenvalue weighted by molar-refractivity contribution is 7.14. The van der Waals surface area contributed by atoms with Crippen LogP contribution in [0.3, 0.4) is 0 Å². The minimum Gasteiger partial charge on any atom is -0.384 e. The maximum atomic E-state index is 14.0. The Balaban J connectivity index is 1.92. The van der Waals surface area contributed by atoms with E-state index in [9.17, 15) is 9.50 Å². The number of aliphatic hydroxyl groups excluding tert-OH is 1. The second-order valence-electron chi connectivity index (χ2n) is 6.11. The molecule has 0 saturated heterocycles. The fourth-order valence-electron chi connectivity index (χ4n) is 3.08. The Bertz CT molecular complexity index is 1010. The average Bonchev–Trinajstić information content (AvgIpc) is 3.30. The van der Waals surface area contributed by atoms with Crippen molar-refractivity contribution in [3.05, 3.63) is 87.4 Å². The van der Waals surface area contributed by atoms with E-state index in [1.54, 1.807) is 29.8 Å². The molecule has 0 aliphatic heterocycles. The number of hydrogen-bond donors (Lipinski definition) is 1. The first-order chi connectivity index (χ1) is 12.6. The molecule has 0 aliphatic rings. The second kappa shape index (κ2) is 7.11. The molecular formula is C21H16FNOS2. The smallest absolute Gasteiger partial charge is 0.124 e. The summed E-state index contributed by atoms with van der Waals surface area (Å²) in [5.74, 6) is -0.271. The van der Waals surface area contributed by atoms with Crippen molar-refractivity contribution >= 4 is 22.7 Å². The van der Waals surface area contributed by atoms with Crippen molar-refractivity contribution in [3.63, 3.8) is 0 Å². The summed E-state index contributed by atoms with van der Waals surface area (Å²) in [4.78, 5) is 5.00. The molecule has 0 radical (unpaired) electrons. The molecule has 3 heterocycles. The van der Waals surface area contributed by atoms with Gasteiger partial charge in [-0.2, -0.15) is 11.3 Å². The van der Waals surface area contributed by atoms with Crippen LogP contribution in [-0.4, -0.2) is 10.1 Å². The van der Waals surface area contributed by atoms with E-state index < -0.39 is 6.10 Å². The number of hydrogen-bond acceptors (Lipinski definition) is 4. The maximum Gasteiger partial charge on any atom is 0.124 e. The summed E-state index contributed by atoms with van der Waals surface area (Å²) in [6, 6.07) is 10.7. The Morgan fingerprint density at radius 3 is 2.69 bits per heavy atom. The van der Waals surface area contributed by atoms with Crippen molar-refractivity contribution in [1.29, 1.82) is 0 Å². The Hall–Kier alpha value is -2.34. The second-order valence-corrected chi connectivity index (χ2v) is 7.77. The van der Waals surface area contributed by atoms with Gasteiger partial charge in [-0.1, -0.05) is 12.1 Å². The molecule has 3 aromatic heterocycles. The SMILES string of the molecule is Cc1cc(F)cc(-c2scc(-c3ccsc3)c2C(O)c2cccnc2)c1. The van der Waals surface area contributed by atoms with Crippen LogP contribution in [0.1, 0.15) is 22.8 Å². The molecule has 4 aromatic rings. The number of thiophene rings is 2. The number of benzene rings is 1. The van der Waals surface area contributed by atoms with Gasteiger partial charge in [0.1, 0.15) is 11.9 Å². The lowest BCUT2D eigenvalue weighted by molar-refractivity contribution is 0.221. The van der Waals surface area contributed by atoms with Gasteiger partial charge >= 0.3 is 0 Å². The van der Waals surface area contributed by atoms with Gasteiger partial charge in [0.05, 0.1) is 0 Å². The summed E-state index contributed by atoms with van der Waals surface area (Å²) >= 11 is 3.14. The maximum absolute atomic E-state index is 14.0. The number of nitrogens with zero attached hydrogens (tertiary/aromatic N) is 1. The standard InChI is InChI=1S/C21H16FNOS2/c1-13-7-16(9-17(22)8-13)21-19(20(24)14-3-2-5-23-10-14)18(12-26-21)15-4-6-25-11-15/h2-12,20,24H,1H3. The Kier molecular flexibility index (Phi) is 4.68. The number of rotatable bonds is 4. The third-order valence-corrected chi connectivity index (χ3v) is 5.97. The van der Waals surface area contributed by atoms with Crippen LogP contribution in [0, 0.1) is 12.7 Å². The van der Waals surface area contributed by atoms with E-state index in [1.165, 1.54) is 23.5 Å². The molecule has 0 spiro atoms. The molecule has 1 aromatic carbocycles. The molecule has 0 bridgehead atoms. The number of aromatic nitrogens is 1. The Labute approximate surface area is 159 Å². The summed E-state index contributed by atoms with van der Waals surface area (Å²) in [5, 5.41) is 17.2. The van der Waals surface area contributed by atoms with Crippen LogP contribution in [0.15, 0.2) is 64.9 Å². The van der Waals surface area contributed by atoms with Crippen molar-refractivity contribution in [2.75, 3.05) is 0 Å². The quantitative estimate of drug-likeness (QED) is 0.465. The predicted octanol–water partition coefficient (Wildman–Crippen LogP) is 6.07. The third kappa shape index (κ3) is 3.21. The van der Waals surface area contributed by atoms with E-state index in [-0.39, 0.29) is 5.82 Å². The van der Waals surface area contributed by atoms with Crippen LogP contribution in [0.5, 0.6) is 0 Å². The zero-order valence-corrected chi connectivity index (χ0v) is 15.7. The fraction of sp³-hybridized carbons (Fsp3) is 0.0952. The Morgan fingerprint density at radius 2 is 2.00 bits per heavy atom. The van der Waals surface area contributed by atoms with Crippen molar-refractivity contribution in [3.8, 4) is 21.6 Å². The number of halogens is 1. The molecule has 26 heavy (non-hydrogen) atoms. The summed E-state index contributed by atoms with van der Waals surface area (Å²) < 4.78 is 14.0.